The average Bonchev–Trinajstić information content (AvgIpc) is 3.16. The number of fused-ring (bicyclic) bond motifs is 3. The molecule has 0 aliphatic carbocycles. The Bertz CT molecular complexity index is 1180. The summed E-state index contributed by atoms with van der Waals surface area (Å²) >= 11 is 0. The van der Waals surface area contributed by atoms with Gasteiger partial charge in [0.25, 0.3) is 0 Å². The number of amides is 2. The van der Waals surface area contributed by atoms with Gasteiger partial charge in [-0.3, -0.25) is 14.2 Å². The number of aromatic nitrogens is 4. The molecule has 9 heteroatoms. The lowest BCUT2D eigenvalue weighted by molar-refractivity contribution is -0.137. The number of carbonyl (C=O) groups excluding carboxylic acids is 2. The predicted octanol–water partition coefficient (Wildman–Crippen LogP) is 1.76. The van der Waals surface area contributed by atoms with Gasteiger partial charge in [-0.2, -0.15) is 0 Å². The third-order valence-electron chi connectivity index (χ3n) is 6.00. The van der Waals surface area contributed by atoms with Gasteiger partial charge < -0.3 is 10.2 Å². The van der Waals surface area contributed by atoms with Gasteiger partial charge in [0.15, 0.2) is 0 Å². The molecule has 0 unspecified atom stereocenters. The van der Waals surface area contributed by atoms with E-state index >= 15 is 0 Å². The van der Waals surface area contributed by atoms with E-state index in [1.165, 1.54) is 4.40 Å². The second-order valence-corrected chi connectivity index (χ2v) is 8.80. The van der Waals surface area contributed by atoms with Gasteiger partial charge in [0.1, 0.15) is 13.1 Å². The molecular weight excluding hydrogens is 396 g/mol. The molecule has 3 heterocycles. The number of nitrogens with zero attached hydrogens (tertiary/aromatic N) is 5. The van der Waals surface area contributed by atoms with Crippen molar-refractivity contribution in [2.45, 2.75) is 78.2 Å². The maximum atomic E-state index is 13.3. The number of para-hydroxylation sites is 2. The van der Waals surface area contributed by atoms with Crippen molar-refractivity contribution in [1.82, 2.24) is 29.0 Å². The van der Waals surface area contributed by atoms with Crippen molar-refractivity contribution in [3.8, 4) is 0 Å². The monoisotopic (exact) mass is 426 g/mol. The van der Waals surface area contributed by atoms with E-state index in [4.69, 9.17) is 0 Å². The van der Waals surface area contributed by atoms with Crippen LogP contribution in [0.2, 0.25) is 0 Å². The fourth-order valence-electron chi connectivity index (χ4n) is 4.66. The number of rotatable bonds is 5. The van der Waals surface area contributed by atoms with Crippen molar-refractivity contribution in [1.29, 1.82) is 0 Å². The van der Waals surface area contributed by atoms with Gasteiger partial charge >= 0.3 is 5.69 Å². The smallest absolute Gasteiger partial charge is 0.352 e. The van der Waals surface area contributed by atoms with Crippen LogP contribution in [0.25, 0.3) is 16.8 Å². The lowest BCUT2D eigenvalue weighted by Crippen LogP contribution is -2.48. The van der Waals surface area contributed by atoms with Crippen LogP contribution >= 0.6 is 0 Å². The number of imidazole rings is 1. The van der Waals surface area contributed by atoms with Crippen LogP contribution in [0.3, 0.4) is 0 Å². The fraction of sp³-hybridized carbons (Fsp3) is 0.545. The number of benzene rings is 1. The summed E-state index contributed by atoms with van der Waals surface area (Å²) in [6.07, 6.45) is 3.12. The minimum Gasteiger partial charge on any atom is -0.352 e. The lowest BCUT2D eigenvalue weighted by atomic mass is 9.97. The van der Waals surface area contributed by atoms with Crippen molar-refractivity contribution in [2.75, 3.05) is 0 Å². The van der Waals surface area contributed by atoms with Crippen molar-refractivity contribution in [2.24, 2.45) is 0 Å². The largest absolute Gasteiger partial charge is 0.352 e. The fourth-order valence-corrected chi connectivity index (χ4v) is 4.66. The van der Waals surface area contributed by atoms with Crippen LogP contribution in [0.5, 0.6) is 0 Å². The van der Waals surface area contributed by atoms with Crippen LogP contribution in [0.4, 0.5) is 0 Å². The summed E-state index contributed by atoms with van der Waals surface area (Å²) in [5.74, 6) is 0.109. The third kappa shape index (κ3) is 3.84. The van der Waals surface area contributed by atoms with Gasteiger partial charge in [0.05, 0.1) is 11.0 Å². The molecule has 3 aromatic rings. The molecular formula is C22H30N6O3. The standard InChI is InChI=1S/C22H30N6O3/c1-14(2)23-19(29)12-26-22(31)28-18-11-6-5-10-17(18)25(21(28)24-26)13-20(30)27-15(3)8-7-9-16(27)4/h5-6,10-11,14-16H,7-9,12-13H2,1-4H3,(H,23,29)/t15-,16+. The molecule has 1 aliphatic rings. The molecule has 1 aromatic carbocycles. The quantitative estimate of drug-likeness (QED) is 0.673. The summed E-state index contributed by atoms with van der Waals surface area (Å²) in [6.45, 7) is 7.83. The minimum atomic E-state index is -0.393. The van der Waals surface area contributed by atoms with Crippen LogP contribution in [0, 0.1) is 0 Å². The molecule has 1 aliphatic heterocycles. The molecule has 2 amide bonds. The topological polar surface area (TPSA) is 93.6 Å². The predicted molar refractivity (Wildman–Crippen MR) is 118 cm³/mol. The Morgan fingerprint density at radius 1 is 1.10 bits per heavy atom. The Balaban J connectivity index is 1.75. The maximum absolute atomic E-state index is 13.3. The molecule has 2 atom stereocenters. The Morgan fingerprint density at radius 2 is 1.74 bits per heavy atom. The highest BCUT2D eigenvalue weighted by Crippen LogP contribution is 2.24. The molecule has 166 valence electrons. The van der Waals surface area contributed by atoms with E-state index in [1.807, 2.05) is 43.0 Å². The molecule has 0 saturated carbocycles. The zero-order valence-corrected chi connectivity index (χ0v) is 18.5. The van der Waals surface area contributed by atoms with Gasteiger partial charge in [-0.1, -0.05) is 12.1 Å². The summed E-state index contributed by atoms with van der Waals surface area (Å²) in [4.78, 5) is 40.5. The summed E-state index contributed by atoms with van der Waals surface area (Å²) in [5.41, 5.74) is 1.05. The van der Waals surface area contributed by atoms with Gasteiger partial charge in [0, 0.05) is 18.1 Å². The summed E-state index contributed by atoms with van der Waals surface area (Å²) in [5, 5.41) is 7.21. The van der Waals surface area contributed by atoms with Crippen molar-refractivity contribution in [3.63, 3.8) is 0 Å². The molecule has 0 bridgehead atoms. The van der Waals surface area contributed by atoms with Gasteiger partial charge in [0.2, 0.25) is 17.6 Å². The summed E-state index contributed by atoms with van der Waals surface area (Å²) in [7, 11) is 0. The van der Waals surface area contributed by atoms with Crippen molar-refractivity contribution >= 4 is 28.6 Å². The van der Waals surface area contributed by atoms with Gasteiger partial charge in [-0.25, -0.2) is 13.9 Å². The molecule has 0 spiro atoms. The van der Waals surface area contributed by atoms with Crippen molar-refractivity contribution in [3.05, 3.63) is 34.7 Å². The second-order valence-electron chi connectivity index (χ2n) is 8.80. The highest BCUT2D eigenvalue weighted by atomic mass is 16.2. The first kappa shape index (κ1) is 21.1. The maximum Gasteiger partial charge on any atom is 0.352 e. The number of carbonyl (C=O) groups is 2. The molecule has 0 radical (unpaired) electrons. The van der Waals surface area contributed by atoms with E-state index in [2.05, 4.69) is 24.3 Å². The highest BCUT2D eigenvalue weighted by Gasteiger charge is 2.30. The zero-order valence-electron chi connectivity index (χ0n) is 18.5. The van der Waals surface area contributed by atoms with Crippen LogP contribution < -0.4 is 11.0 Å². The molecule has 2 aromatic heterocycles. The van der Waals surface area contributed by atoms with Gasteiger partial charge in [-0.15, -0.1) is 5.10 Å². The van der Waals surface area contributed by atoms with E-state index in [1.54, 1.807) is 4.57 Å². The van der Waals surface area contributed by atoms with Crippen LogP contribution in [-0.2, 0) is 22.7 Å². The average molecular weight is 427 g/mol. The summed E-state index contributed by atoms with van der Waals surface area (Å²) in [6, 6.07) is 7.79. The van der Waals surface area contributed by atoms with E-state index in [-0.39, 0.29) is 43.0 Å². The Hall–Kier alpha value is -3.10. The first-order chi connectivity index (χ1) is 14.8. The molecule has 1 fully saturated rings. The van der Waals surface area contributed by atoms with Crippen LogP contribution in [0.15, 0.2) is 29.1 Å². The second kappa shape index (κ2) is 8.20. The number of piperidine rings is 1. The van der Waals surface area contributed by atoms with E-state index < -0.39 is 5.69 Å². The molecule has 4 rings (SSSR count). The SMILES string of the molecule is CC(C)NC(=O)Cn1nc2n(CC(=O)N3[C@H](C)CCC[C@@H]3C)c3ccccc3n2c1=O. The zero-order chi connectivity index (χ0) is 22.3. The number of nitrogens with one attached hydrogen (secondary N) is 1. The Kier molecular flexibility index (Phi) is 5.60. The van der Waals surface area contributed by atoms with Gasteiger partial charge in [-0.05, 0) is 59.1 Å². The van der Waals surface area contributed by atoms with Crippen molar-refractivity contribution < 1.29 is 9.59 Å². The molecule has 1 saturated heterocycles. The van der Waals surface area contributed by atoms with E-state index in [0.717, 1.165) is 29.5 Å². The number of hydrogen-bond donors (Lipinski definition) is 1. The van der Waals surface area contributed by atoms with Crippen LogP contribution in [-0.4, -0.2) is 53.6 Å². The molecule has 9 nitrogen and oxygen atoms in total. The van der Waals surface area contributed by atoms with E-state index in [0.29, 0.717) is 11.3 Å². The first-order valence-electron chi connectivity index (χ1n) is 10.9. The number of hydrogen-bond acceptors (Lipinski definition) is 4. The summed E-state index contributed by atoms with van der Waals surface area (Å²) < 4.78 is 4.42. The normalized spacial score (nSPS) is 19.5. The lowest BCUT2D eigenvalue weighted by Gasteiger charge is -2.39. The third-order valence-corrected chi connectivity index (χ3v) is 6.00. The minimum absolute atomic E-state index is 0.0162. The highest BCUT2D eigenvalue weighted by molar-refractivity contribution is 5.85. The van der Waals surface area contributed by atoms with Crippen LogP contribution in [0.1, 0.15) is 47.0 Å². The first-order valence-corrected chi connectivity index (χ1v) is 10.9. The molecule has 31 heavy (non-hydrogen) atoms. The Morgan fingerprint density at radius 3 is 2.39 bits per heavy atom. The number of likely N-dealkylation sites (tertiary alicyclic amines) is 1. The Labute approximate surface area is 180 Å². The molecule has 1 N–H and O–H groups in total. The van der Waals surface area contributed by atoms with E-state index in [9.17, 15) is 14.4 Å².